The zero-order valence-electron chi connectivity index (χ0n) is 10.3. The van der Waals surface area contributed by atoms with Crippen LogP contribution < -0.4 is 5.56 Å². The number of aromatic amines is 1. The van der Waals surface area contributed by atoms with Gasteiger partial charge in [0, 0.05) is 10.9 Å². The van der Waals surface area contributed by atoms with Crippen molar-refractivity contribution in [3.8, 4) is 11.3 Å². The number of nitrogens with one attached hydrogen (secondary N) is 1. The van der Waals surface area contributed by atoms with Crippen LogP contribution in [-0.2, 0) is 12.8 Å². The van der Waals surface area contributed by atoms with Crippen LogP contribution in [0.5, 0.6) is 0 Å². The third-order valence-corrected chi connectivity index (χ3v) is 3.84. The van der Waals surface area contributed by atoms with Crippen LogP contribution in [0.1, 0.15) is 11.1 Å². The van der Waals surface area contributed by atoms with E-state index in [0.717, 1.165) is 34.9 Å². The summed E-state index contributed by atoms with van der Waals surface area (Å²) >= 11 is 0. The summed E-state index contributed by atoms with van der Waals surface area (Å²) in [5.74, 6) is 0. The van der Waals surface area contributed by atoms with Crippen LogP contribution in [0, 0.1) is 0 Å². The molecule has 3 aromatic rings. The third-order valence-electron chi connectivity index (χ3n) is 3.84. The van der Waals surface area contributed by atoms with Crippen molar-refractivity contribution in [2.24, 2.45) is 0 Å². The van der Waals surface area contributed by atoms with Crippen molar-refractivity contribution in [1.82, 2.24) is 10.2 Å². The lowest BCUT2D eigenvalue weighted by Crippen LogP contribution is -2.10. The average Bonchev–Trinajstić information content (AvgIpc) is 2.62. The Morgan fingerprint density at radius 1 is 0.947 bits per heavy atom. The van der Waals surface area contributed by atoms with Gasteiger partial charge < -0.3 is 0 Å². The lowest BCUT2D eigenvalue weighted by Gasteiger charge is -2.07. The molecule has 1 heterocycles. The standard InChI is InChI=1S/C16H12N2O/c19-16-13-7-3-5-11-9-8-10-4-1-2-6-12(10)15(14(11)13)17-18-16/h1-7H,8-9H2,(H,18,19). The molecule has 0 radical (unpaired) electrons. The number of rotatable bonds is 0. The second-order valence-electron chi connectivity index (χ2n) is 4.90. The topological polar surface area (TPSA) is 45.8 Å². The van der Waals surface area contributed by atoms with Gasteiger partial charge in [-0.15, -0.1) is 0 Å². The van der Waals surface area contributed by atoms with Gasteiger partial charge >= 0.3 is 0 Å². The number of fused-ring (bicyclic) bond motifs is 2. The first-order valence-corrected chi connectivity index (χ1v) is 6.43. The molecule has 0 bridgehead atoms. The minimum atomic E-state index is -0.111. The number of aryl methyl sites for hydroxylation is 2. The highest BCUT2D eigenvalue weighted by Crippen LogP contribution is 2.33. The van der Waals surface area contributed by atoms with Gasteiger partial charge in [0.25, 0.3) is 5.56 Å². The molecule has 0 spiro atoms. The number of hydrogen-bond donors (Lipinski definition) is 1. The van der Waals surface area contributed by atoms with Crippen molar-refractivity contribution in [3.05, 3.63) is 63.9 Å². The molecule has 1 aliphatic rings. The smallest absolute Gasteiger partial charge is 0.267 e. The van der Waals surface area contributed by atoms with E-state index in [1.807, 2.05) is 18.2 Å². The van der Waals surface area contributed by atoms with Gasteiger partial charge in [0.15, 0.2) is 0 Å². The number of benzene rings is 2. The normalized spacial score (nSPS) is 13.1. The fourth-order valence-electron chi connectivity index (χ4n) is 2.93. The number of aromatic nitrogens is 2. The predicted octanol–water partition coefficient (Wildman–Crippen LogP) is 2.69. The minimum absolute atomic E-state index is 0.111. The van der Waals surface area contributed by atoms with E-state index in [4.69, 9.17) is 0 Å². The maximum absolute atomic E-state index is 11.9. The van der Waals surface area contributed by atoms with E-state index in [1.165, 1.54) is 11.1 Å². The van der Waals surface area contributed by atoms with Crippen LogP contribution in [0.25, 0.3) is 22.0 Å². The molecule has 0 aliphatic heterocycles. The fourth-order valence-corrected chi connectivity index (χ4v) is 2.93. The number of nitrogens with zero attached hydrogens (tertiary/aromatic N) is 1. The van der Waals surface area contributed by atoms with Crippen molar-refractivity contribution in [3.63, 3.8) is 0 Å². The molecular formula is C16H12N2O. The molecule has 3 heteroatoms. The number of hydrogen-bond acceptors (Lipinski definition) is 2. The van der Waals surface area contributed by atoms with Gasteiger partial charge in [-0.25, -0.2) is 5.10 Å². The molecule has 1 N–H and O–H groups in total. The lowest BCUT2D eigenvalue weighted by molar-refractivity contribution is 0.978. The molecule has 92 valence electrons. The second-order valence-corrected chi connectivity index (χ2v) is 4.90. The quantitative estimate of drug-likeness (QED) is 0.664. The van der Waals surface area contributed by atoms with E-state index in [2.05, 4.69) is 34.5 Å². The van der Waals surface area contributed by atoms with E-state index < -0.39 is 0 Å². The summed E-state index contributed by atoms with van der Waals surface area (Å²) in [4.78, 5) is 11.9. The summed E-state index contributed by atoms with van der Waals surface area (Å²) < 4.78 is 0. The van der Waals surface area contributed by atoms with Crippen molar-refractivity contribution in [2.75, 3.05) is 0 Å². The Hall–Kier alpha value is -2.42. The van der Waals surface area contributed by atoms with Crippen molar-refractivity contribution in [1.29, 1.82) is 0 Å². The van der Waals surface area contributed by atoms with E-state index in [9.17, 15) is 4.79 Å². The lowest BCUT2D eigenvalue weighted by atomic mass is 10.0. The molecule has 4 rings (SSSR count). The molecule has 2 aromatic carbocycles. The molecule has 0 saturated heterocycles. The zero-order chi connectivity index (χ0) is 12.8. The van der Waals surface area contributed by atoms with Crippen molar-refractivity contribution < 1.29 is 0 Å². The van der Waals surface area contributed by atoms with Crippen molar-refractivity contribution >= 4 is 10.8 Å². The predicted molar refractivity (Wildman–Crippen MR) is 75.2 cm³/mol. The van der Waals surface area contributed by atoms with E-state index >= 15 is 0 Å². The van der Waals surface area contributed by atoms with E-state index in [0.29, 0.717) is 0 Å². The van der Waals surface area contributed by atoms with E-state index in [-0.39, 0.29) is 5.56 Å². The van der Waals surface area contributed by atoms with Crippen LogP contribution in [0.3, 0.4) is 0 Å². The third kappa shape index (κ3) is 1.45. The van der Waals surface area contributed by atoms with Crippen LogP contribution in [0.2, 0.25) is 0 Å². The van der Waals surface area contributed by atoms with Gasteiger partial charge in [0.2, 0.25) is 0 Å². The summed E-state index contributed by atoms with van der Waals surface area (Å²) in [6.45, 7) is 0. The molecule has 1 aromatic heterocycles. The maximum Gasteiger partial charge on any atom is 0.272 e. The minimum Gasteiger partial charge on any atom is -0.267 e. The van der Waals surface area contributed by atoms with Crippen molar-refractivity contribution in [2.45, 2.75) is 12.8 Å². The summed E-state index contributed by atoms with van der Waals surface area (Å²) in [5, 5.41) is 8.66. The van der Waals surface area contributed by atoms with Crippen LogP contribution in [0.4, 0.5) is 0 Å². The van der Waals surface area contributed by atoms with Crippen LogP contribution in [-0.4, -0.2) is 10.2 Å². The Morgan fingerprint density at radius 3 is 2.68 bits per heavy atom. The Balaban J connectivity index is 2.23. The first-order chi connectivity index (χ1) is 9.34. The first-order valence-electron chi connectivity index (χ1n) is 6.43. The molecule has 0 saturated carbocycles. The summed E-state index contributed by atoms with van der Waals surface area (Å²) in [7, 11) is 0. The highest BCUT2D eigenvalue weighted by atomic mass is 16.1. The molecule has 19 heavy (non-hydrogen) atoms. The second kappa shape index (κ2) is 3.79. The monoisotopic (exact) mass is 248 g/mol. The van der Waals surface area contributed by atoms with Gasteiger partial charge in [0.1, 0.15) is 0 Å². The molecular weight excluding hydrogens is 236 g/mol. The van der Waals surface area contributed by atoms with E-state index in [1.54, 1.807) is 0 Å². The average molecular weight is 248 g/mol. The van der Waals surface area contributed by atoms with Crippen LogP contribution in [0.15, 0.2) is 47.3 Å². The van der Waals surface area contributed by atoms with Gasteiger partial charge in [-0.2, -0.15) is 5.10 Å². The van der Waals surface area contributed by atoms with Gasteiger partial charge in [-0.1, -0.05) is 36.4 Å². The zero-order valence-corrected chi connectivity index (χ0v) is 10.3. The molecule has 0 fully saturated rings. The molecule has 0 amide bonds. The number of H-pyrrole nitrogens is 1. The summed E-state index contributed by atoms with van der Waals surface area (Å²) in [6, 6.07) is 14.2. The van der Waals surface area contributed by atoms with Gasteiger partial charge in [-0.05, 0) is 30.0 Å². The van der Waals surface area contributed by atoms with Gasteiger partial charge in [-0.3, -0.25) is 4.79 Å². The Labute approximate surface area is 109 Å². The van der Waals surface area contributed by atoms with Crippen LogP contribution >= 0.6 is 0 Å². The summed E-state index contributed by atoms with van der Waals surface area (Å²) in [5.41, 5.74) is 4.42. The van der Waals surface area contributed by atoms with Gasteiger partial charge in [0.05, 0.1) is 11.1 Å². The summed E-state index contributed by atoms with van der Waals surface area (Å²) in [6.07, 6.45) is 1.94. The fraction of sp³-hybridized carbons (Fsp3) is 0.125. The first kappa shape index (κ1) is 10.5. The molecule has 0 atom stereocenters. The molecule has 3 nitrogen and oxygen atoms in total. The largest absolute Gasteiger partial charge is 0.272 e. The highest BCUT2D eigenvalue weighted by Gasteiger charge is 2.18. The SMILES string of the molecule is O=c1[nH]nc2c3c(cccc13)CCc1ccccc1-2. The Bertz CT molecular complexity index is 849. The molecule has 1 aliphatic carbocycles. The maximum atomic E-state index is 11.9. The Morgan fingerprint density at radius 2 is 1.74 bits per heavy atom. The Kier molecular flexibility index (Phi) is 2.09. The molecule has 0 unspecified atom stereocenters. The highest BCUT2D eigenvalue weighted by molar-refractivity contribution is 5.97.